The van der Waals surface area contributed by atoms with Gasteiger partial charge < -0.3 is 4.74 Å². The fourth-order valence-electron chi connectivity index (χ4n) is 6.80. The first-order chi connectivity index (χ1) is 12.9. The Labute approximate surface area is 171 Å². The second-order valence-electron chi connectivity index (χ2n) is 9.67. The minimum atomic E-state index is -1.38. The highest BCUT2D eigenvalue weighted by Crippen LogP contribution is 2.59. The molecule has 0 spiro atoms. The van der Waals surface area contributed by atoms with E-state index in [1.165, 1.54) is 24.8 Å². The van der Waals surface area contributed by atoms with Crippen LogP contribution in [0.4, 0.5) is 0 Å². The van der Waals surface area contributed by atoms with Gasteiger partial charge in [-0.05, 0) is 80.6 Å². The molecule has 4 heteroatoms. The van der Waals surface area contributed by atoms with E-state index < -0.39 is 4.33 Å². The fraction of sp³-hybridized carbons (Fsp3) is 0.696. The number of ketones is 1. The van der Waals surface area contributed by atoms with Gasteiger partial charge in [0.2, 0.25) is 4.33 Å². The van der Waals surface area contributed by atoms with E-state index in [9.17, 15) is 4.79 Å². The van der Waals surface area contributed by atoms with Crippen LogP contribution < -0.4 is 0 Å². The van der Waals surface area contributed by atoms with Crippen molar-refractivity contribution in [3.8, 4) is 0 Å². The Morgan fingerprint density at radius 2 is 1.56 bits per heavy atom. The first kappa shape index (κ1) is 18.5. The van der Waals surface area contributed by atoms with Crippen LogP contribution in [0.2, 0.25) is 0 Å². The number of carbonyl (C=O) groups is 1. The molecule has 0 radical (unpaired) electrons. The van der Waals surface area contributed by atoms with Gasteiger partial charge in [-0.25, -0.2) is 0 Å². The molecule has 5 aliphatic carbocycles. The zero-order chi connectivity index (χ0) is 18.6. The van der Waals surface area contributed by atoms with Crippen molar-refractivity contribution in [2.45, 2.75) is 73.8 Å². The number of ether oxygens (including phenoxy) is 1. The average molecular weight is 407 g/mol. The van der Waals surface area contributed by atoms with Crippen molar-refractivity contribution in [2.24, 2.45) is 23.7 Å². The van der Waals surface area contributed by atoms with Crippen molar-refractivity contribution in [2.75, 3.05) is 0 Å². The quantitative estimate of drug-likeness (QED) is 0.582. The van der Waals surface area contributed by atoms with E-state index in [0.29, 0.717) is 6.42 Å². The predicted octanol–water partition coefficient (Wildman–Crippen LogP) is 5.74. The molecule has 0 N–H and O–H groups in total. The summed E-state index contributed by atoms with van der Waals surface area (Å²) in [5.74, 6) is 2.46. The lowest BCUT2D eigenvalue weighted by atomic mass is 9.54. The topological polar surface area (TPSA) is 26.3 Å². The predicted molar refractivity (Wildman–Crippen MR) is 108 cm³/mol. The van der Waals surface area contributed by atoms with Crippen LogP contribution in [0.1, 0.15) is 56.9 Å². The van der Waals surface area contributed by atoms with Crippen LogP contribution in [0.25, 0.3) is 0 Å². The monoisotopic (exact) mass is 406 g/mol. The third-order valence-electron chi connectivity index (χ3n) is 7.61. The molecule has 5 saturated carbocycles. The number of carbonyl (C=O) groups excluding carboxylic acids is 1. The number of hydrogen-bond acceptors (Lipinski definition) is 2. The molecule has 0 saturated heterocycles. The van der Waals surface area contributed by atoms with Crippen LogP contribution >= 0.6 is 23.2 Å². The van der Waals surface area contributed by atoms with E-state index in [1.54, 1.807) is 0 Å². The maximum absolute atomic E-state index is 12.6. The molecule has 4 bridgehead atoms. The Bertz CT molecular complexity index is 679. The number of alkyl halides is 2. The SMILES string of the molecule is O=C1C[C@H](CCc2ccccc2)[C@H](OC23CC4CC(CC(C4)C2)C3)C1(Cl)Cl. The lowest BCUT2D eigenvalue weighted by Crippen LogP contribution is -2.55. The summed E-state index contributed by atoms with van der Waals surface area (Å²) < 4.78 is 5.43. The van der Waals surface area contributed by atoms with Crippen LogP contribution in [0, 0.1) is 23.7 Å². The molecular formula is C23H28Cl2O2. The fourth-order valence-corrected chi connectivity index (χ4v) is 7.40. The third kappa shape index (κ3) is 3.36. The number of halogens is 2. The molecule has 0 aromatic heterocycles. The minimum Gasteiger partial charge on any atom is -0.368 e. The maximum atomic E-state index is 12.6. The largest absolute Gasteiger partial charge is 0.368 e. The Balaban J connectivity index is 1.34. The number of aryl methyl sites for hydroxylation is 1. The smallest absolute Gasteiger partial charge is 0.201 e. The molecule has 2 atom stereocenters. The first-order valence-electron chi connectivity index (χ1n) is 10.6. The summed E-state index contributed by atoms with van der Waals surface area (Å²) in [6, 6.07) is 10.4. The average Bonchev–Trinajstić information content (AvgIpc) is 2.82. The maximum Gasteiger partial charge on any atom is 0.201 e. The van der Waals surface area contributed by atoms with E-state index in [2.05, 4.69) is 24.3 Å². The second-order valence-corrected chi connectivity index (χ2v) is 11.1. The molecule has 6 rings (SSSR count). The number of Topliss-reactive ketones (excluding diaryl/α,β-unsaturated/α-hetero) is 1. The van der Waals surface area contributed by atoms with Crippen molar-refractivity contribution < 1.29 is 9.53 Å². The number of rotatable bonds is 5. The zero-order valence-corrected chi connectivity index (χ0v) is 17.2. The summed E-state index contributed by atoms with van der Waals surface area (Å²) in [5.41, 5.74) is 1.21. The van der Waals surface area contributed by atoms with Crippen LogP contribution in [0.15, 0.2) is 30.3 Å². The van der Waals surface area contributed by atoms with Gasteiger partial charge in [-0.2, -0.15) is 0 Å². The van der Waals surface area contributed by atoms with Gasteiger partial charge in [-0.15, -0.1) is 0 Å². The third-order valence-corrected chi connectivity index (χ3v) is 8.46. The molecule has 1 aromatic carbocycles. The van der Waals surface area contributed by atoms with E-state index in [4.69, 9.17) is 27.9 Å². The van der Waals surface area contributed by atoms with Gasteiger partial charge in [0.25, 0.3) is 0 Å². The van der Waals surface area contributed by atoms with Crippen molar-refractivity contribution in [3.05, 3.63) is 35.9 Å². The van der Waals surface area contributed by atoms with Crippen molar-refractivity contribution in [1.82, 2.24) is 0 Å². The van der Waals surface area contributed by atoms with Gasteiger partial charge in [0.05, 0.1) is 5.60 Å². The minimum absolute atomic E-state index is 0.0568. The molecular weight excluding hydrogens is 379 g/mol. The van der Waals surface area contributed by atoms with Crippen molar-refractivity contribution in [3.63, 3.8) is 0 Å². The first-order valence-corrected chi connectivity index (χ1v) is 11.3. The van der Waals surface area contributed by atoms with E-state index >= 15 is 0 Å². The number of benzene rings is 1. The van der Waals surface area contributed by atoms with E-state index in [1.807, 2.05) is 6.07 Å². The Morgan fingerprint density at radius 3 is 2.15 bits per heavy atom. The summed E-state index contributed by atoms with van der Waals surface area (Å²) in [7, 11) is 0. The standard InChI is InChI=1S/C23H28Cl2O2/c24-23(25)20(26)11-19(7-6-15-4-2-1-3-5-15)21(23)27-22-12-16-8-17(13-22)10-18(9-16)14-22/h1-5,16-19,21H,6-14H2/t16?,17?,18?,19-,21-,22?/m0/s1. The van der Waals surface area contributed by atoms with Gasteiger partial charge in [-0.1, -0.05) is 53.5 Å². The zero-order valence-electron chi connectivity index (χ0n) is 15.7. The molecule has 146 valence electrons. The lowest BCUT2D eigenvalue weighted by molar-refractivity contribution is -0.195. The molecule has 0 aliphatic heterocycles. The van der Waals surface area contributed by atoms with Crippen molar-refractivity contribution in [1.29, 1.82) is 0 Å². The van der Waals surface area contributed by atoms with Crippen molar-refractivity contribution >= 4 is 29.0 Å². The van der Waals surface area contributed by atoms with Gasteiger partial charge in [-0.3, -0.25) is 4.79 Å². The molecule has 1 aromatic rings. The molecule has 0 amide bonds. The van der Waals surface area contributed by atoms with E-state index in [0.717, 1.165) is 49.9 Å². The molecule has 27 heavy (non-hydrogen) atoms. The van der Waals surface area contributed by atoms with Gasteiger partial charge >= 0.3 is 0 Å². The summed E-state index contributed by atoms with van der Waals surface area (Å²) in [5, 5.41) is 0. The van der Waals surface area contributed by atoms with Gasteiger partial charge in [0, 0.05) is 6.42 Å². The normalized spacial score (nSPS) is 42.0. The summed E-state index contributed by atoms with van der Waals surface area (Å²) in [6.07, 6.45) is 9.43. The van der Waals surface area contributed by atoms with Crippen LogP contribution in [-0.4, -0.2) is 21.8 Å². The van der Waals surface area contributed by atoms with E-state index in [-0.39, 0.29) is 23.4 Å². The number of hydrogen-bond donors (Lipinski definition) is 0. The molecule has 0 unspecified atom stereocenters. The van der Waals surface area contributed by atoms with Crippen LogP contribution in [-0.2, 0) is 16.0 Å². The Morgan fingerprint density at radius 1 is 0.963 bits per heavy atom. The highest BCUT2D eigenvalue weighted by molar-refractivity contribution is 6.59. The summed E-state index contributed by atoms with van der Waals surface area (Å²) in [6.45, 7) is 0. The highest BCUT2D eigenvalue weighted by atomic mass is 35.5. The van der Waals surface area contributed by atoms with Gasteiger partial charge in [0.1, 0.15) is 6.10 Å². The van der Waals surface area contributed by atoms with Crippen LogP contribution in [0.3, 0.4) is 0 Å². The summed E-state index contributed by atoms with van der Waals surface area (Å²) >= 11 is 13.2. The highest BCUT2D eigenvalue weighted by Gasteiger charge is 2.59. The Hall–Kier alpha value is -0.570. The molecule has 2 nitrogen and oxygen atoms in total. The Kier molecular flexibility index (Phi) is 4.61. The summed E-state index contributed by atoms with van der Waals surface area (Å²) in [4.78, 5) is 12.6. The second kappa shape index (κ2) is 6.75. The van der Waals surface area contributed by atoms with Crippen LogP contribution in [0.5, 0.6) is 0 Å². The lowest BCUT2D eigenvalue weighted by Gasteiger charge is -2.57. The molecule has 5 aliphatic rings. The van der Waals surface area contributed by atoms with Gasteiger partial charge in [0.15, 0.2) is 5.78 Å². The molecule has 5 fully saturated rings. The molecule has 0 heterocycles.